The summed E-state index contributed by atoms with van der Waals surface area (Å²) in [6, 6.07) is 8.18. The Labute approximate surface area is 102 Å². The van der Waals surface area contributed by atoms with Crippen molar-refractivity contribution in [3.05, 3.63) is 41.6 Å². The highest BCUT2D eigenvalue weighted by Gasteiger charge is 2.11. The SMILES string of the molecule is CN(C)/C(N)=C/S(=O)(=O)c1ccccc1.Cl. The Kier molecular flexibility index (Phi) is 5.33. The Morgan fingerprint density at radius 3 is 2.19 bits per heavy atom. The first-order chi connectivity index (χ1) is 6.93. The average molecular weight is 263 g/mol. The van der Waals surface area contributed by atoms with Crippen molar-refractivity contribution in [2.24, 2.45) is 5.73 Å². The van der Waals surface area contributed by atoms with Crippen LogP contribution < -0.4 is 5.73 Å². The number of benzene rings is 1. The topological polar surface area (TPSA) is 63.4 Å². The van der Waals surface area contributed by atoms with Gasteiger partial charge in [-0.1, -0.05) is 18.2 Å². The smallest absolute Gasteiger partial charge is 0.203 e. The highest BCUT2D eigenvalue weighted by atomic mass is 35.5. The number of halogens is 1. The molecule has 0 fully saturated rings. The highest BCUT2D eigenvalue weighted by Crippen LogP contribution is 2.12. The van der Waals surface area contributed by atoms with Crippen molar-refractivity contribution in [1.82, 2.24) is 4.90 Å². The van der Waals surface area contributed by atoms with Gasteiger partial charge in [0, 0.05) is 14.1 Å². The molecule has 1 rings (SSSR count). The fourth-order valence-corrected chi connectivity index (χ4v) is 2.14. The van der Waals surface area contributed by atoms with Crippen LogP contribution in [0.25, 0.3) is 0 Å². The van der Waals surface area contributed by atoms with E-state index in [9.17, 15) is 8.42 Å². The van der Waals surface area contributed by atoms with Crippen molar-refractivity contribution in [3.63, 3.8) is 0 Å². The summed E-state index contributed by atoms with van der Waals surface area (Å²) >= 11 is 0. The molecule has 0 saturated carbocycles. The molecule has 0 aromatic heterocycles. The zero-order chi connectivity index (χ0) is 11.5. The zero-order valence-electron chi connectivity index (χ0n) is 9.12. The van der Waals surface area contributed by atoms with Gasteiger partial charge < -0.3 is 10.6 Å². The van der Waals surface area contributed by atoms with Gasteiger partial charge in [-0.3, -0.25) is 0 Å². The minimum Gasteiger partial charge on any atom is -0.385 e. The summed E-state index contributed by atoms with van der Waals surface area (Å²) in [5, 5.41) is 1.06. The quantitative estimate of drug-likeness (QED) is 0.889. The van der Waals surface area contributed by atoms with Gasteiger partial charge in [0.15, 0.2) is 0 Å². The fraction of sp³-hybridized carbons (Fsp3) is 0.200. The maximum Gasteiger partial charge on any atom is 0.203 e. The summed E-state index contributed by atoms with van der Waals surface area (Å²) in [4.78, 5) is 1.79. The first-order valence-electron chi connectivity index (χ1n) is 4.38. The minimum atomic E-state index is -3.43. The van der Waals surface area contributed by atoms with Crippen LogP contribution in [0, 0.1) is 0 Å². The lowest BCUT2D eigenvalue weighted by Gasteiger charge is -2.11. The molecule has 1 aromatic carbocycles. The van der Waals surface area contributed by atoms with Crippen LogP contribution in [0.5, 0.6) is 0 Å². The first-order valence-corrected chi connectivity index (χ1v) is 5.93. The van der Waals surface area contributed by atoms with Crippen molar-refractivity contribution in [3.8, 4) is 0 Å². The van der Waals surface area contributed by atoms with Crippen LogP contribution in [0.4, 0.5) is 0 Å². The Balaban J connectivity index is 0.00000225. The van der Waals surface area contributed by atoms with Gasteiger partial charge in [-0.15, -0.1) is 12.4 Å². The predicted molar refractivity (Wildman–Crippen MR) is 66.8 cm³/mol. The van der Waals surface area contributed by atoms with E-state index in [2.05, 4.69) is 0 Å². The van der Waals surface area contributed by atoms with Crippen LogP contribution in [-0.4, -0.2) is 27.4 Å². The van der Waals surface area contributed by atoms with E-state index in [0.29, 0.717) is 0 Å². The molecule has 0 aliphatic carbocycles. The molecule has 0 aliphatic heterocycles. The first kappa shape index (κ1) is 14.8. The number of nitrogens with two attached hydrogens (primary N) is 1. The Bertz CT molecular complexity index is 455. The van der Waals surface area contributed by atoms with E-state index >= 15 is 0 Å². The summed E-state index contributed by atoms with van der Waals surface area (Å²) in [5.74, 6) is 0.207. The number of rotatable bonds is 3. The van der Waals surface area contributed by atoms with Gasteiger partial charge in [0.05, 0.1) is 10.3 Å². The lowest BCUT2D eigenvalue weighted by molar-refractivity contribution is 0.506. The van der Waals surface area contributed by atoms with E-state index in [0.717, 1.165) is 5.41 Å². The predicted octanol–water partition coefficient (Wildman–Crippen LogP) is 1.20. The monoisotopic (exact) mass is 262 g/mol. The van der Waals surface area contributed by atoms with Gasteiger partial charge in [-0.25, -0.2) is 8.42 Å². The molecule has 0 aliphatic rings. The Morgan fingerprint density at radius 2 is 1.75 bits per heavy atom. The molecule has 0 atom stereocenters. The third-order valence-corrected chi connectivity index (χ3v) is 3.35. The maximum atomic E-state index is 11.8. The molecule has 0 saturated heterocycles. The van der Waals surface area contributed by atoms with Gasteiger partial charge >= 0.3 is 0 Å². The fourth-order valence-electron chi connectivity index (χ4n) is 0.943. The summed E-state index contributed by atoms with van der Waals surface area (Å²) in [6.07, 6.45) is 0. The van der Waals surface area contributed by atoms with Crippen LogP contribution >= 0.6 is 12.4 Å². The lowest BCUT2D eigenvalue weighted by atomic mass is 10.4. The standard InChI is InChI=1S/C10H14N2O2S.ClH/c1-12(2)10(11)8-15(13,14)9-6-4-3-5-7-9;/h3-8H,11H2,1-2H3;1H/b10-8+;. The molecular formula is C10H15ClN2O2S. The van der Waals surface area contributed by atoms with E-state index < -0.39 is 9.84 Å². The number of hydrogen-bond donors (Lipinski definition) is 1. The van der Waals surface area contributed by atoms with Gasteiger partial charge in [0.25, 0.3) is 0 Å². The van der Waals surface area contributed by atoms with Crippen LogP contribution in [0.1, 0.15) is 0 Å². The van der Waals surface area contributed by atoms with Gasteiger partial charge in [0.2, 0.25) is 9.84 Å². The van der Waals surface area contributed by atoms with Crippen molar-refractivity contribution in [1.29, 1.82) is 0 Å². The molecule has 2 N–H and O–H groups in total. The van der Waals surface area contributed by atoms with E-state index in [4.69, 9.17) is 5.73 Å². The number of hydrogen-bond acceptors (Lipinski definition) is 4. The summed E-state index contributed by atoms with van der Waals surface area (Å²) in [7, 11) is -0.0595. The zero-order valence-corrected chi connectivity index (χ0v) is 10.8. The van der Waals surface area contributed by atoms with Crippen molar-refractivity contribution < 1.29 is 8.42 Å². The lowest BCUT2D eigenvalue weighted by Crippen LogP contribution is -2.19. The maximum absolute atomic E-state index is 11.8. The van der Waals surface area contributed by atoms with E-state index in [-0.39, 0.29) is 23.1 Å². The van der Waals surface area contributed by atoms with E-state index in [1.165, 1.54) is 12.1 Å². The van der Waals surface area contributed by atoms with E-state index in [1.807, 2.05) is 0 Å². The van der Waals surface area contributed by atoms with Gasteiger partial charge in [0.1, 0.15) is 5.82 Å². The third-order valence-electron chi connectivity index (χ3n) is 1.86. The van der Waals surface area contributed by atoms with E-state index in [1.54, 1.807) is 37.2 Å². The number of sulfone groups is 1. The molecule has 0 amide bonds. The van der Waals surface area contributed by atoms with Crippen LogP contribution in [-0.2, 0) is 9.84 Å². The number of nitrogens with zero attached hydrogens (tertiary/aromatic N) is 1. The molecule has 16 heavy (non-hydrogen) atoms. The summed E-state index contributed by atoms with van der Waals surface area (Å²) < 4.78 is 23.5. The molecule has 0 spiro atoms. The average Bonchev–Trinajstić information content (AvgIpc) is 2.18. The summed E-state index contributed by atoms with van der Waals surface area (Å²) in [5.41, 5.74) is 5.55. The van der Waals surface area contributed by atoms with Crippen molar-refractivity contribution in [2.45, 2.75) is 4.90 Å². The molecule has 6 heteroatoms. The second-order valence-electron chi connectivity index (χ2n) is 3.30. The minimum absolute atomic E-state index is 0. The second-order valence-corrected chi connectivity index (χ2v) is 5.09. The largest absolute Gasteiger partial charge is 0.385 e. The molecule has 0 unspecified atom stereocenters. The van der Waals surface area contributed by atoms with Gasteiger partial charge in [-0.2, -0.15) is 0 Å². The molecule has 4 nitrogen and oxygen atoms in total. The van der Waals surface area contributed by atoms with Gasteiger partial charge in [-0.05, 0) is 12.1 Å². The third kappa shape index (κ3) is 3.75. The Morgan fingerprint density at radius 1 is 1.25 bits per heavy atom. The molecule has 0 bridgehead atoms. The van der Waals surface area contributed by atoms with Crippen molar-refractivity contribution in [2.75, 3.05) is 14.1 Å². The molecule has 90 valence electrons. The molecule has 0 heterocycles. The van der Waals surface area contributed by atoms with Crippen LogP contribution in [0.3, 0.4) is 0 Å². The second kappa shape index (κ2) is 5.77. The molecule has 1 aromatic rings. The molecule has 0 radical (unpaired) electrons. The van der Waals surface area contributed by atoms with Crippen LogP contribution in [0.2, 0.25) is 0 Å². The van der Waals surface area contributed by atoms with Crippen molar-refractivity contribution >= 4 is 22.2 Å². The Hall–Kier alpha value is -1.20. The summed E-state index contributed by atoms with van der Waals surface area (Å²) in [6.45, 7) is 0. The highest BCUT2D eigenvalue weighted by molar-refractivity contribution is 7.94. The molecular weight excluding hydrogens is 248 g/mol. The van der Waals surface area contributed by atoms with Crippen LogP contribution in [0.15, 0.2) is 46.5 Å². The normalized spacial score (nSPS) is 11.8.